The number of aromatic nitrogens is 2. The van der Waals surface area contributed by atoms with Crippen molar-refractivity contribution in [3.8, 4) is 5.69 Å². The van der Waals surface area contributed by atoms with Gasteiger partial charge in [-0.1, -0.05) is 18.2 Å². The Kier molecular flexibility index (Phi) is 6.55. The number of benzene rings is 2. The van der Waals surface area contributed by atoms with Crippen molar-refractivity contribution in [2.75, 3.05) is 12.4 Å². The first-order valence-corrected chi connectivity index (χ1v) is 11.0. The third kappa shape index (κ3) is 4.96. The number of hydrogen-bond acceptors (Lipinski definition) is 4. The molecule has 2 N–H and O–H groups in total. The highest BCUT2D eigenvalue weighted by Gasteiger charge is 2.26. The van der Waals surface area contributed by atoms with Crippen molar-refractivity contribution in [1.82, 2.24) is 15.1 Å². The molecule has 170 valence electrons. The molecule has 2 unspecified atom stereocenters. The van der Waals surface area contributed by atoms with Crippen LogP contribution in [0.15, 0.2) is 60.7 Å². The predicted octanol–water partition coefficient (Wildman–Crippen LogP) is 4.81. The standard InChI is InChI=1S/C25H25FN4O2S/c1-15-23(16(2)30(29-15)22-11-8-19(26)9-12-22)17-7-10-21(13-17)28-25(33)27-20-6-4-5-18(14-20)24(31)32-3/h4-12,14,17,21H,13H2,1-3H3,(H2,27,28,33). The van der Waals surface area contributed by atoms with Crippen LogP contribution in [0.2, 0.25) is 0 Å². The molecule has 0 aliphatic heterocycles. The van der Waals surface area contributed by atoms with Gasteiger partial charge < -0.3 is 15.4 Å². The Morgan fingerprint density at radius 1 is 1.18 bits per heavy atom. The van der Waals surface area contributed by atoms with Crippen molar-refractivity contribution in [1.29, 1.82) is 0 Å². The number of allylic oxidation sites excluding steroid dienone is 1. The summed E-state index contributed by atoms with van der Waals surface area (Å²) in [5.74, 6) is -0.470. The Bertz CT molecular complexity index is 1220. The minimum atomic E-state index is -0.397. The Labute approximate surface area is 197 Å². The molecule has 0 spiro atoms. The molecule has 3 aromatic rings. The lowest BCUT2D eigenvalue weighted by atomic mass is 9.96. The number of carbonyl (C=O) groups excluding carboxylic acids is 1. The van der Waals surface area contributed by atoms with Gasteiger partial charge in [-0.25, -0.2) is 13.9 Å². The number of hydrogen-bond donors (Lipinski definition) is 2. The van der Waals surface area contributed by atoms with E-state index in [0.717, 1.165) is 23.5 Å². The second kappa shape index (κ2) is 9.54. The number of thiocarbonyl (C=S) groups is 1. The van der Waals surface area contributed by atoms with Crippen LogP contribution in [-0.4, -0.2) is 34.0 Å². The lowest BCUT2D eigenvalue weighted by Crippen LogP contribution is -2.35. The van der Waals surface area contributed by atoms with Gasteiger partial charge in [0.2, 0.25) is 0 Å². The van der Waals surface area contributed by atoms with E-state index < -0.39 is 5.97 Å². The van der Waals surface area contributed by atoms with Gasteiger partial charge in [-0.2, -0.15) is 5.10 Å². The molecular formula is C25H25FN4O2S. The third-order valence-corrected chi connectivity index (χ3v) is 5.95. The van der Waals surface area contributed by atoms with Crippen LogP contribution in [0.25, 0.3) is 5.69 Å². The summed E-state index contributed by atoms with van der Waals surface area (Å²) < 4.78 is 19.9. The molecular weight excluding hydrogens is 439 g/mol. The SMILES string of the molecule is COC(=O)c1cccc(NC(=S)NC2C=CC(c3c(C)nn(-c4ccc(F)cc4)c3C)C2)c1. The van der Waals surface area contributed by atoms with Crippen molar-refractivity contribution in [3.63, 3.8) is 0 Å². The van der Waals surface area contributed by atoms with E-state index in [1.54, 1.807) is 30.3 Å². The first-order valence-electron chi connectivity index (χ1n) is 10.6. The van der Waals surface area contributed by atoms with Crippen LogP contribution in [0.5, 0.6) is 0 Å². The highest BCUT2D eigenvalue weighted by molar-refractivity contribution is 7.80. The van der Waals surface area contributed by atoms with Crippen LogP contribution in [0.1, 0.15) is 39.6 Å². The molecule has 4 rings (SSSR count). The third-order valence-electron chi connectivity index (χ3n) is 5.73. The first-order chi connectivity index (χ1) is 15.9. The smallest absolute Gasteiger partial charge is 0.337 e. The van der Waals surface area contributed by atoms with Gasteiger partial charge in [0, 0.05) is 28.9 Å². The van der Waals surface area contributed by atoms with Crippen molar-refractivity contribution in [2.45, 2.75) is 32.2 Å². The summed E-state index contributed by atoms with van der Waals surface area (Å²) >= 11 is 5.48. The lowest BCUT2D eigenvalue weighted by molar-refractivity contribution is 0.0601. The van der Waals surface area contributed by atoms with Gasteiger partial charge in [0.05, 0.1) is 24.1 Å². The average Bonchev–Trinajstić information content (AvgIpc) is 3.36. The topological polar surface area (TPSA) is 68.2 Å². The first kappa shape index (κ1) is 22.7. The molecule has 2 atom stereocenters. The number of aryl methyl sites for hydroxylation is 1. The van der Waals surface area contributed by atoms with Crippen LogP contribution >= 0.6 is 12.2 Å². The molecule has 33 heavy (non-hydrogen) atoms. The molecule has 0 saturated carbocycles. The van der Waals surface area contributed by atoms with E-state index in [9.17, 15) is 9.18 Å². The van der Waals surface area contributed by atoms with Gasteiger partial charge in [0.25, 0.3) is 0 Å². The molecule has 0 bridgehead atoms. The Morgan fingerprint density at radius 2 is 1.94 bits per heavy atom. The van der Waals surface area contributed by atoms with Crippen molar-refractivity contribution in [2.24, 2.45) is 0 Å². The van der Waals surface area contributed by atoms with E-state index in [1.165, 1.54) is 24.8 Å². The fourth-order valence-electron chi connectivity index (χ4n) is 4.22. The summed E-state index contributed by atoms with van der Waals surface area (Å²) in [4.78, 5) is 11.7. The molecule has 1 aliphatic carbocycles. The summed E-state index contributed by atoms with van der Waals surface area (Å²) in [6, 6.07) is 13.4. The second-order valence-electron chi connectivity index (χ2n) is 7.98. The van der Waals surface area contributed by atoms with E-state index in [2.05, 4.69) is 27.9 Å². The minimum Gasteiger partial charge on any atom is -0.465 e. The maximum Gasteiger partial charge on any atom is 0.337 e. The van der Waals surface area contributed by atoms with E-state index in [-0.39, 0.29) is 17.8 Å². The van der Waals surface area contributed by atoms with Gasteiger partial charge >= 0.3 is 5.97 Å². The van der Waals surface area contributed by atoms with Crippen LogP contribution in [0, 0.1) is 19.7 Å². The number of anilines is 1. The van der Waals surface area contributed by atoms with Crippen molar-refractivity contribution in [3.05, 3.63) is 89.0 Å². The summed E-state index contributed by atoms with van der Waals surface area (Å²) in [7, 11) is 1.35. The quantitative estimate of drug-likeness (QED) is 0.321. The second-order valence-corrected chi connectivity index (χ2v) is 8.39. The van der Waals surface area contributed by atoms with Crippen LogP contribution < -0.4 is 10.6 Å². The Morgan fingerprint density at radius 3 is 2.67 bits per heavy atom. The van der Waals surface area contributed by atoms with Gasteiger partial charge in [-0.3, -0.25) is 0 Å². The fourth-order valence-corrected chi connectivity index (χ4v) is 4.49. The lowest BCUT2D eigenvalue weighted by Gasteiger charge is -2.17. The zero-order valence-electron chi connectivity index (χ0n) is 18.6. The van der Waals surface area contributed by atoms with Gasteiger partial charge in [0.1, 0.15) is 5.82 Å². The number of nitrogens with one attached hydrogen (secondary N) is 2. The van der Waals surface area contributed by atoms with E-state index in [4.69, 9.17) is 17.0 Å². The zero-order valence-corrected chi connectivity index (χ0v) is 19.4. The van der Waals surface area contributed by atoms with E-state index in [1.807, 2.05) is 24.6 Å². The summed E-state index contributed by atoms with van der Waals surface area (Å²) in [5.41, 5.74) is 5.16. The maximum absolute atomic E-state index is 13.3. The van der Waals surface area contributed by atoms with Gasteiger partial charge in [0.15, 0.2) is 5.11 Å². The number of rotatable bonds is 5. The number of carbonyl (C=O) groups is 1. The summed E-state index contributed by atoms with van der Waals surface area (Å²) in [6.07, 6.45) is 5.11. The normalized spacial score (nSPS) is 17.1. The fraction of sp³-hybridized carbons (Fsp3) is 0.240. The Balaban J connectivity index is 1.41. The summed E-state index contributed by atoms with van der Waals surface area (Å²) in [6.45, 7) is 4.03. The molecule has 0 radical (unpaired) electrons. The predicted molar refractivity (Wildman–Crippen MR) is 130 cm³/mol. The molecule has 6 nitrogen and oxygen atoms in total. The molecule has 0 saturated heterocycles. The molecule has 1 aromatic heterocycles. The zero-order chi connectivity index (χ0) is 23.5. The molecule has 0 amide bonds. The van der Waals surface area contributed by atoms with Crippen LogP contribution in [-0.2, 0) is 4.74 Å². The number of esters is 1. The van der Waals surface area contributed by atoms with Crippen LogP contribution in [0.3, 0.4) is 0 Å². The highest BCUT2D eigenvalue weighted by Crippen LogP contribution is 2.34. The molecule has 0 fully saturated rings. The maximum atomic E-state index is 13.3. The minimum absolute atomic E-state index is 0.0618. The highest BCUT2D eigenvalue weighted by atomic mass is 32.1. The molecule has 8 heteroatoms. The largest absolute Gasteiger partial charge is 0.465 e. The van der Waals surface area contributed by atoms with E-state index in [0.29, 0.717) is 16.4 Å². The molecule has 2 aromatic carbocycles. The van der Waals surface area contributed by atoms with Gasteiger partial charge in [-0.05, 0) is 75.0 Å². The average molecular weight is 465 g/mol. The molecule has 1 heterocycles. The number of halogens is 1. The number of ether oxygens (including phenoxy) is 1. The van der Waals surface area contributed by atoms with Gasteiger partial charge in [-0.15, -0.1) is 0 Å². The number of methoxy groups -OCH3 is 1. The van der Waals surface area contributed by atoms with Crippen molar-refractivity contribution < 1.29 is 13.9 Å². The molecule has 1 aliphatic rings. The monoisotopic (exact) mass is 464 g/mol. The van der Waals surface area contributed by atoms with E-state index >= 15 is 0 Å². The number of nitrogens with zero attached hydrogens (tertiary/aromatic N) is 2. The Hall–Kier alpha value is -3.52. The summed E-state index contributed by atoms with van der Waals surface area (Å²) in [5, 5.41) is 11.6. The van der Waals surface area contributed by atoms with Crippen molar-refractivity contribution >= 4 is 29.0 Å². The van der Waals surface area contributed by atoms with Crippen LogP contribution in [0.4, 0.5) is 10.1 Å².